The van der Waals surface area contributed by atoms with E-state index in [-0.39, 0.29) is 6.17 Å². The van der Waals surface area contributed by atoms with Crippen LogP contribution in [0.2, 0.25) is 0 Å². The summed E-state index contributed by atoms with van der Waals surface area (Å²) in [6.45, 7) is 4.05. The Balaban J connectivity index is 1.80. The fourth-order valence-electron chi connectivity index (χ4n) is 3.85. The van der Waals surface area contributed by atoms with Crippen molar-refractivity contribution in [2.75, 3.05) is 4.90 Å². The smallest absolute Gasteiger partial charge is 0.240 e. The number of amidine groups is 1. The Morgan fingerprint density at radius 2 is 2.00 bits per heavy atom. The molecule has 3 aliphatic rings. The molecule has 6 nitrogen and oxygen atoms in total. The zero-order valence-electron chi connectivity index (χ0n) is 12.8. The number of nitrogens with one attached hydrogen (secondary N) is 1. The predicted octanol–water partition coefficient (Wildman–Crippen LogP) is 2.66. The molecule has 0 saturated heterocycles. The molecule has 22 heavy (non-hydrogen) atoms. The Bertz CT molecular complexity index is 801. The van der Waals surface area contributed by atoms with Crippen molar-refractivity contribution in [1.29, 1.82) is 0 Å². The fraction of sp³-hybridized carbons (Fsp3) is 0.533. The van der Waals surface area contributed by atoms with Gasteiger partial charge in [0.15, 0.2) is 6.17 Å². The molecule has 0 radical (unpaired) electrons. The normalized spacial score (nSPS) is 22.2. The van der Waals surface area contributed by atoms with Crippen molar-refractivity contribution in [2.24, 2.45) is 5.10 Å². The van der Waals surface area contributed by atoms with Gasteiger partial charge in [-0.3, -0.25) is 14.9 Å². The van der Waals surface area contributed by atoms with Gasteiger partial charge in [-0.1, -0.05) is 6.42 Å². The van der Waals surface area contributed by atoms with Crippen LogP contribution in [0, 0.1) is 6.92 Å². The first kappa shape index (κ1) is 12.6. The van der Waals surface area contributed by atoms with Gasteiger partial charge in [-0.2, -0.15) is 5.10 Å². The van der Waals surface area contributed by atoms with Crippen LogP contribution in [0.4, 0.5) is 5.95 Å². The summed E-state index contributed by atoms with van der Waals surface area (Å²) >= 11 is 1.93. The third-order valence-electron chi connectivity index (χ3n) is 4.90. The van der Waals surface area contributed by atoms with Crippen LogP contribution in [0.5, 0.6) is 0 Å². The van der Waals surface area contributed by atoms with Gasteiger partial charge in [0.1, 0.15) is 16.7 Å². The van der Waals surface area contributed by atoms with Crippen molar-refractivity contribution in [2.45, 2.75) is 52.1 Å². The molecule has 114 valence electrons. The van der Waals surface area contributed by atoms with Crippen molar-refractivity contribution < 1.29 is 0 Å². The molecule has 2 aromatic rings. The highest BCUT2D eigenvalue weighted by molar-refractivity contribution is 7.15. The maximum Gasteiger partial charge on any atom is 0.240 e. The maximum atomic E-state index is 4.46. The van der Waals surface area contributed by atoms with Crippen LogP contribution in [0.1, 0.15) is 54.2 Å². The number of nitrogens with zero attached hydrogens (tertiary/aromatic N) is 5. The molecule has 0 aromatic carbocycles. The molecule has 2 aliphatic heterocycles. The zero-order chi connectivity index (χ0) is 14.8. The number of anilines is 1. The molecule has 1 N–H and O–H groups in total. The first-order chi connectivity index (χ1) is 10.8. The van der Waals surface area contributed by atoms with Gasteiger partial charge in [0.05, 0.1) is 0 Å². The topological polar surface area (TPSA) is 58.3 Å². The van der Waals surface area contributed by atoms with Gasteiger partial charge in [-0.25, -0.2) is 0 Å². The fourth-order valence-corrected chi connectivity index (χ4v) is 5.32. The summed E-state index contributed by atoms with van der Waals surface area (Å²) in [5.41, 5.74) is 6.26. The number of aromatic nitrogens is 3. The minimum absolute atomic E-state index is 0.0872. The first-order valence-electron chi connectivity index (χ1n) is 7.91. The van der Waals surface area contributed by atoms with E-state index in [0.29, 0.717) is 0 Å². The van der Waals surface area contributed by atoms with Gasteiger partial charge in [-0.05, 0) is 45.1 Å². The molecule has 0 saturated carbocycles. The zero-order valence-corrected chi connectivity index (χ0v) is 13.6. The highest BCUT2D eigenvalue weighted by atomic mass is 32.1. The monoisotopic (exact) mass is 314 g/mol. The van der Waals surface area contributed by atoms with Gasteiger partial charge in [-0.15, -0.1) is 21.5 Å². The Morgan fingerprint density at radius 3 is 2.91 bits per heavy atom. The average Bonchev–Trinajstić information content (AvgIpc) is 3.11. The molecule has 1 aliphatic carbocycles. The second-order valence-electron chi connectivity index (χ2n) is 6.23. The van der Waals surface area contributed by atoms with Crippen LogP contribution in [0.3, 0.4) is 0 Å². The lowest BCUT2D eigenvalue weighted by Gasteiger charge is -2.31. The summed E-state index contributed by atoms with van der Waals surface area (Å²) in [7, 11) is 0. The summed E-state index contributed by atoms with van der Waals surface area (Å²) in [5.74, 6) is 2.79. The Kier molecular flexibility index (Phi) is 2.48. The number of aryl methyl sites for hydroxylation is 2. The molecule has 0 bridgehead atoms. The standard InChI is InChI=1S/C15H18N6S/c1-8-16-18-13-12-10-6-4-3-5-7-11(10)22-14(12)21-9(2)17-19-15(21)20(8)13/h13,18H,3-7H2,1-2H3. The largest absolute Gasteiger partial charge is 0.281 e. The van der Waals surface area contributed by atoms with Crippen LogP contribution in [0.15, 0.2) is 5.10 Å². The third-order valence-corrected chi connectivity index (χ3v) is 6.19. The van der Waals surface area contributed by atoms with E-state index < -0.39 is 0 Å². The molecule has 2 aromatic heterocycles. The van der Waals surface area contributed by atoms with E-state index in [0.717, 1.165) is 17.6 Å². The molecule has 0 amide bonds. The minimum Gasteiger partial charge on any atom is -0.281 e. The predicted molar refractivity (Wildman–Crippen MR) is 86.7 cm³/mol. The SMILES string of the molecule is CC1=NNC2c3c(sc4c3CCCCC4)-n3c(C)nnc3N12. The van der Waals surface area contributed by atoms with Crippen molar-refractivity contribution in [3.63, 3.8) is 0 Å². The first-order valence-corrected chi connectivity index (χ1v) is 8.73. The van der Waals surface area contributed by atoms with Gasteiger partial charge in [0.25, 0.3) is 0 Å². The van der Waals surface area contributed by atoms with Crippen LogP contribution >= 0.6 is 11.3 Å². The van der Waals surface area contributed by atoms with Gasteiger partial charge in [0.2, 0.25) is 5.95 Å². The van der Waals surface area contributed by atoms with Crippen LogP contribution in [-0.2, 0) is 12.8 Å². The van der Waals surface area contributed by atoms with Gasteiger partial charge < -0.3 is 0 Å². The van der Waals surface area contributed by atoms with Crippen molar-refractivity contribution in [3.05, 3.63) is 21.8 Å². The third kappa shape index (κ3) is 1.47. The molecule has 4 heterocycles. The lowest BCUT2D eigenvalue weighted by molar-refractivity contribution is 0.584. The molecular formula is C15H18N6S. The van der Waals surface area contributed by atoms with Gasteiger partial charge >= 0.3 is 0 Å². The second-order valence-corrected chi connectivity index (χ2v) is 7.31. The Labute approximate surface area is 132 Å². The number of hydrogen-bond donors (Lipinski definition) is 1. The van der Waals surface area contributed by atoms with E-state index in [1.165, 1.54) is 42.7 Å². The van der Waals surface area contributed by atoms with Crippen LogP contribution in [-0.4, -0.2) is 20.6 Å². The highest BCUT2D eigenvalue weighted by Gasteiger charge is 2.42. The highest BCUT2D eigenvalue weighted by Crippen LogP contribution is 2.47. The van der Waals surface area contributed by atoms with E-state index in [9.17, 15) is 0 Å². The van der Waals surface area contributed by atoms with E-state index in [1.54, 1.807) is 10.4 Å². The molecule has 1 unspecified atom stereocenters. The average molecular weight is 314 g/mol. The second kappa shape index (κ2) is 4.32. The summed E-state index contributed by atoms with van der Waals surface area (Å²) in [5, 5.41) is 14.5. The summed E-state index contributed by atoms with van der Waals surface area (Å²) in [4.78, 5) is 3.73. The number of thiophene rings is 1. The number of hydrogen-bond acceptors (Lipinski definition) is 6. The Hall–Kier alpha value is -1.89. The van der Waals surface area contributed by atoms with Gasteiger partial charge in [0, 0.05) is 10.4 Å². The number of fused-ring (bicyclic) bond motifs is 8. The molecule has 7 heteroatoms. The molecular weight excluding hydrogens is 296 g/mol. The molecule has 1 atom stereocenters. The van der Waals surface area contributed by atoms with Crippen molar-refractivity contribution >= 4 is 23.1 Å². The molecule has 0 fully saturated rings. The van der Waals surface area contributed by atoms with Crippen molar-refractivity contribution in [1.82, 2.24) is 20.2 Å². The van der Waals surface area contributed by atoms with Crippen LogP contribution < -0.4 is 10.3 Å². The number of rotatable bonds is 0. The van der Waals surface area contributed by atoms with E-state index in [2.05, 4.69) is 30.2 Å². The maximum absolute atomic E-state index is 4.46. The number of hydrazone groups is 1. The van der Waals surface area contributed by atoms with E-state index in [1.807, 2.05) is 25.2 Å². The van der Waals surface area contributed by atoms with E-state index >= 15 is 0 Å². The molecule has 0 spiro atoms. The molecule has 5 rings (SSSR count). The van der Waals surface area contributed by atoms with Crippen molar-refractivity contribution in [3.8, 4) is 5.00 Å². The Morgan fingerprint density at radius 1 is 1.14 bits per heavy atom. The summed E-state index contributed by atoms with van der Waals surface area (Å²) in [6, 6.07) is 0. The summed E-state index contributed by atoms with van der Waals surface area (Å²) in [6.07, 6.45) is 6.40. The minimum atomic E-state index is 0.0872. The van der Waals surface area contributed by atoms with Crippen LogP contribution in [0.25, 0.3) is 5.00 Å². The quantitative estimate of drug-likeness (QED) is 0.760. The van der Waals surface area contributed by atoms with E-state index in [4.69, 9.17) is 0 Å². The lowest BCUT2D eigenvalue weighted by atomic mass is 10.0. The summed E-state index contributed by atoms with van der Waals surface area (Å²) < 4.78 is 2.21. The lowest BCUT2D eigenvalue weighted by Crippen LogP contribution is -2.38.